The van der Waals surface area contributed by atoms with Crippen molar-refractivity contribution in [1.82, 2.24) is 4.98 Å². The zero-order chi connectivity index (χ0) is 10.9. The minimum atomic E-state index is 0.0844. The lowest BCUT2D eigenvalue weighted by atomic mass is 9.99. The Labute approximate surface area is 90.1 Å². The summed E-state index contributed by atoms with van der Waals surface area (Å²) in [7, 11) is 0. The van der Waals surface area contributed by atoms with Gasteiger partial charge in [-0.15, -0.1) is 0 Å². The first kappa shape index (κ1) is 9.97. The molecule has 1 aliphatic rings. The topological polar surface area (TPSA) is 48.7 Å². The van der Waals surface area contributed by atoms with Crippen LogP contribution in [-0.4, -0.2) is 10.5 Å². The van der Waals surface area contributed by atoms with Crippen LogP contribution < -0.4 is 5.32 Å². The van der Waals surface area contributed by atoms with Crippen molar-refractivity contribution < 1.29 is 0 Å². The van der Waals surface area contributed by atoms with E-state index in [2.05, 4.69) is 30.2 Å². The van der Waals surface area contributed by atoms with E-state index in [-0.39, 0.29) is 5.54 Å². The molecule has 0 aromatic carbocycles. The van der Waals surface area contributed by atoms with Gasteiger partial charge in [0, 0.05) is 11.7 Å². The van der Waals surface area contributed by atoms with E-state index in [0.29, 0.717) is 5.56 Å². The second-order valence-corrected chi connectivity index (χ2v) is 4.66. The van der Waals surface area contributed by atoms with Crippen molar-refractivity contribution in [2.45, 2.75) is 32.2 Å². The van der Waals surface area contributed by atoms with Gasteiger partial charge in [-0.2, -0.15) is 5.26 Å². The number of rotatable bonds is 3. The number of hydrogen-bond donors (Lipinski definition) is 1. The average molecular weight is 201 g/mol. The highest BCUT2D eigenvalue weighted by molar-refractivity contribution is 5.44. The van der Waals surface area contributed by atoms with Crippen LogP contribution in [0.25, 0.3) is 0 Å². The third-order valence-corrected chi connectivity index (χ3v) is 2.94. The van der Waals surface area contributed by atoms with E-state index in [1.807, 2.05) is 0 Å². The van der Waals surface area contributed by atoms with Crippen molar-refractivity contribution in [2.24, 2.45) is 5.92 Å². The SMILES string of the molecule is CC(C)(Nc1cc(C#N)ccn1)C1CC1. The molecule has 3 heteroatoms. The molecule has 0 amide bonds. The summed E-state index contributed by atoms with van der Waals surface area (Å²) in [5.74, 6) is 1.54. The van der Waals surface area contributed by atoms with Crippen LogP contribution in [0.3, 0.4) is 0 Å². The van der Waals surface area contributed by atoms with Gasteiger partial charge in [-0.3, -0.25) is 0 Å². The molecular weight excluding hydrogens is 186 g/mol. The lowest BCUT2D eigenvalue weighted by molar-refractivity contribution is 0.492. The maximum Gasteiger partial charge on any atom is 0.127 e. The third kappa shape index (κ3) is 2.27. The molecule has 0 unspecified atom stereocenters. The largest absolute Gasteiger partial charge is 0.365 e. The predicted octanol–water partition coefficient (Wildman–Crippen LogP) is 2.55. The summed E-state index contributed by atoms with van der Waals surface area (Å²) in [5, 5.41) is 12.2. The highest BCUT2D eigenvalue weighted by Crippen LogP contribution is 2.40. The van der Waals surface area contributed by atoms with Crippen molar-refractivity contribution in [3.05, 3.63) is 23.9 Å². The molecule has 1 aromatic rings. The first-order chi connectivity index (χ1) is 7.12. The molecule has 0 radical (unpaired) electrons. The Morgan fingerprint density at radius 2 is 2.27 bits per heavy atom. The summed E-state index contributed by atoms with van der Waals surface area (Å²) in [6.45, 7) is 4.37. The lowest BCUT2D eigenvalue weighted by Gasteiger charge is -2.26. The quantitative estimate of drug-likeness (QED) is 0.817. The fourth-order valence-corrected chi connectivity index (χ4v) is 1.81. The number of aromatic nitrogens is 1. The molecule has 1 saturated carbocycles. The van der Waals surface area contributed by atoms with Crippen LogP contribution in [0, 0.1) is 17.2 Å². The lowest BCUT2D eigenvalue weighted by Crippen LogP contribution is -2.33. The Hall–Kier alpha value is -1.56. The first-order valence-corrected chi connectivity index (χ1v) is 5.26. The minimum Gasteiger partial charge on any atom is -0.365 e. The highest BCUT2D eigenvalue weighted by Gasteiger charge is 2.37. The summed E-state index contributed by atoms with van der Waals surface area (Å²) in [5.41, 5.74) is 0.736. The zero-order valence-corrected chi connectivity index (χ0v) is 9.12. The smallest absolute Gasteiger partial charge is 0.127 e. The molecule has 1 aliphatic carbocycles. The van der Waals surface area contributed by atoms with Crippen molar-refractivity contribution in [1.29, 1.82) is 5.26 Å². The van der Waals surface area contributed by atoms with Gasteiger partial charge < -0.3 is 5.32 Å². The Balaban J connectivity index is 2.13. The van der Waals surface area contributed by atoms with Gasteiger partial charge in [0.25, 0.3) is 0 Å². The van der Waals surface area contributed by atoms with Gasteiger partial charge in [0.15, 0.2) is 0 Å². The average Bonchev–Trinajstić information content (AvgIpc) is 3.00. The summed E-state index contributed by atoms with van der Waals surface area (Å²) >= 11 is 0. The third-order valence-electron chi connectivity index (χ3n) is 2.94. The van der Waals surface area contributed by atoms with Crippen LogP contribution in [0.15, 0.2) is 18.3 Å². The van der Waals surface area contributed by atoms with Crippen LogP contribution in [0.5, 0.6) is 0 Å². The summed E-state index contributed by atoms with van der Waals surface area (Å²) < 4.78 is 0. The second kappa shape index (κ2) is 3.54. The van der Waals surface area contributed by atoms with Crippen molar-refractivity contribution >= 4 is 5.82 Å². The Morgan fingerprint density at radius 1 is 1.53 bits per heavy atom. The van der Waals surface area contributed by atoms with E-state index in [4.69, 9.17) is 5.26 Å². The van der Waals surface area contributed by atoms with Gasteiger partial charge in [0.2, 0.25) is 0 Å². The second-order valence-electron chi connectivity index (χ2n) is 4.66. The Kier molecular flexibility index (Phi) is 2.36. The molecular formula is C12H15N3. The Morgan fingerprint density at radius 3 is 2.87 bits per heavy atom. The number of nitrogens with zero attached hydrogens (tertiary/aromatic N) is 2. The van der Waals surface area contributed by atoms with Gasteiger partial charge in [0.1, 0.15) is 5.82 Å². The van der Waals surface area contributed by atoms with Crippen LogP contribution in [0.1, 0.15) is 32.3 Å². The molecule has 0 atom stereocenters. The number of nitrogens with one attached hydrogen (secondary N) is 1. The fourth-order valence-electron chi connectivity index (χ4n) is 1.81. The molecule has 2 rings (SSSR count). The first-order valence-electron chi connectivity index (χ1n) is 5.26. The monoisotopic (exact) mass is 201 g/mol. The van der Waals surface area contributed by atoms with E-state index in [9.17, 15) is 0 Å². The van der Waals surface area contributed by atoms with Gasteiger partial charge in [-0.1, -0.05) is 0 Å². The molecule has 0 saturated heterocycles. The summed E-state index contributed by atoms with van der Waals surface area (Å²) in [6, 6.07) is 5.63. The fraction of sp³-hybridized carbons (Fsp3) is 0.500. The minimum absolute atomic E-state index is 0.0844. The number of nitriles is 1. The van der Waals surface area contributed by atoms with Gasteiger partial charge in [-0.05, 0) is 44.7 Å². The molecule has 1 N–H and O–H groups in total. The van der Waals surface area contributed by atoms with E-state index >= 15 is 0 Å². The molecule has 1 aromatic heterocycles. The maximum absolute atomic E-state index is 8.78. The number of pyridine rings is 1. The van der Waals surface area contributed by atoms with Crippen molar-refractivity contribution in [2.75, 3.05) is 5.32 Å². The van der Waals surface area contributed by atoms with Crippen molar-refractivity contribution in [3.63, 3.8) is 0 Å². The van der Waals surface area contributed by atoms with Crippen LogP contribution in [0.2, 0.25) is 0 Å². The van der Waals surface area contributed by atoms with Gasteiger partial charge in [-0.25, -0.2) is 4.98 Å². The van der Waals surface area contributed by atoms with E-state index in [1.54, 1.807) is 18.3 Å². The maximum atomic E-state index is 8.78. The van der Waals surface area contributed by atoms with E-state index in [0.717, 1.165) is 11.7 Å². The van der Waals surface area contributed by atoms with Gasteiger partial charge >= 0.3 is 0 Å². The highest BCUT2D eigenvalue weighted by atomic mass is 15.1. The molecule has 0 aliphatic heterocycles. The molecule has 0 bridgehead atoms. The molecule has 1 fully saturated rings. The molecule has 1 heterocycles. The summed E-state index contributed by atoms with van der Waals surface area (Å²) in [4.78, 5) is 4.22. The normalized spacial score (nSPS) is 15.8. The molecule has 78 valence electrons. The van der Waals surface area contributed by atoms with Gasteiger partial charge in [0.05, 0.1) is 11.6 Å². The summed E-state index contributed by atoms with van der Waals surface area (Å²) in [6.07, 6.45) is 4.25. The number of anilines is 1. The molecule has 3 nitrogen and oxygen atoms in total. The van der Waals surface area contributed by atoms with Crippen LogP contribution in [0.4, 0.5) is 5.82 Å². The molecule has 15 heavy (non-hydrogen) atoms. The zero-order valence-electron chi connectivity index (χ0n) is 9.12. The van der Waals surface area contributed by atoms with Crippen LogP contribution in [-0.2, 0) is 0 Å². The predicted molar refractivity (Wildman–Crippen MR) is 59.4 cm³/mol. The van der Waals surface area contributed by atoms with Crippen LogP contribution >= 0.6 is 0 Å². The Bertz CT molecular complexity index is 400. The molecule has 0 spiro atoms. The van der Waals surface area contributed by atoms with E-state index < -0.39 is 0 Å². The van der Waals surface area contributed by atoms with E-state index in [1.165, 1.54) is 12.8 Å². The standard InChI is InChI=1S/C12H15N3/c1-12(2,10-3-4-10)15-11-7-9(8-13)5-6-14-11/h5-7,10H,3-4H2,1-2H3,(H,14,15). The number of hydrogen-bond acceptors (Lipinski definition) is 3. The van der Waals surface area contributed by atoms with Crippen molar-refractivity contribution in [3.8, 4) is 6.07 Å².